The van der Waals surface area contributed by atoms with Crippen molar-refractivity contribution in [3.05, 3.63) is 24.0 Å². The average Bonchev–Trinajstić information content (AvgIpc) is 2.23. The molecule has 0 aliphatic carbocycles. The Hall–Kier alpha value is -1.24. The summed E-state index contributed by atoms with van der Waals surface area (Å²) in [5, 5.41) is 0. The molecule has 0 saturated carbocycles. The Morgan fingerprint density at radius 2 is 1.88 bits per heavy atom. The van der Waals surface area contributed by atoms with Gasteiger partial charge in [-0.25, -0.2) is 4.39 Å². The van der Waals surface area contributed by atoms with Gasteiger partial charge in [0.25, 0.3) is 0 Å². The fourth-order valence-corrected chi connectivity index (χ4v) is 1.26. The van der Waals surface area contributed by atoms with Crippen molar-refractivity contribution in [2.45, 2.75) is 6.92 Å². The fraction of sp³-hybridized carbons (Fsp3) is 0.400. The van der Waals surface area contributed by atoms with Crippen molar-refractivity contribution in [1.29, 1.82) is 0 Å². The van der Waals surface area contributed by atoms with Gasteiger partial charge in [0, 0.05) is 12.7 Å². The average molecular weight is 251 g/mol. The molecule has 17 heavy (non-hydrogen) atoms. The van der Waals surface area contributed by atoms with Crippen LogP contribution in [0.1, 0.15) is 6.92 Å². The molecule has 0 fully saturated rings. The minimum atomic E-state index is -5.21. The van der Waals surface area contributed by atoms with E-state index in [4.69, 9.17) is 9.47 Å². The van der Waals surface area contributed by atoms with E-state index in [0.29, 0.717) is 12.7 Å². The second-order valence-electron chi connectivity index (χ2n) is 3.30. The lowest BCUT2D eigenvalue weighted by Gasteiger charge is -2.19. The molecule has 0 aliphatic heterocycles. The molecule has 1 aromatic carbocycles. The van der Waals surface area contributed by atoms with Crippen LogP contribution in [-0.4, -0.2) is 26.8 Å². The number of hydrogen-bond acceptors (Lipinski definition) is 2. The van der Waals surface area contributed by atoms with Crippen LogP contribution < -0.4 is 10.2 Å². The number of halogens is 4. The maximum Gasteiger partial charge on any atom is 0.513 e. The van der Waals surface area contributed by atoms with Gasteiger partial charge in [0.2, 0.25) is 0 Å². The molecule has 0 amide bonds. The zero-order chi connectivity index (χ0) is 12.9. The molecule has 7 heteroatoms. The van der Waals surface area contributed by atoms with E-state index in [0.717, 1.165) is 12.1 Å². The largest absolute Gasteiger partial charge is 0.513 e. The highest BCUT2D eigenvalue weighted by Gasteiger charge is 2.29. The predicted molar refractivity (Wildman–Crippen MR) is 57.1 cm³/mol. The third-order valence-corrected chi connectivity index (χ3v) is 2.02. The molecule has 0 radical (unpaired) electrons. The van der Waals surface area contributed by atoms with Gasteiger partial charge in [0.1, 0.15) is 12.4 Å². The van der Waals surface area contributed by atoms with Gasteiger partial charge in [-0.15, -0.1) is 0 Å². The van der Waals surface area contributed by atoms with Gasteiger partial charge in [-0.3, -0.25) is 0 Å². The van der Waals surface area contributed by atoms with Gasteiger partial charge >= 0.3 is 6.98 Å². The highest BCUT2D eigenvalue weighted by Crippen LogP contribution is 2.18. The van der Waals surface area contributed by atoms with E-state index in [-0.39, 0.29) is 13.2 Å². The summed E-state index contributed by atoms with van der Waals surface area (Å²) >= 11 is 0. The summed E-state index contributed by atoms with van der Waals surface area (Å²) in [6.45, 7) is -2.89. The molecule has 96 valence electrons. The first-order valence-electron chi connectivity index (χ1n) is 5.15. The van der Waals surface area contributed by atoms with Gasteiger partial charge < -0.3 is 22.4 Å². The first-order valence-corrected chi connectivity index (χ1v) is 5.15. The van der Waals surface area contributed by atoms with Crippen LogP contribution in [0.5, 0.6) is 5.75 Å². The van der Waals surface area contributed by atoms with E-state index >= 15 is 0 Å². The Balaban J connectivity index is 2.77. The molecule has 0 aliphatic rings. The Labute approximate surface area is 96.6 Å². The molecule has 2 nitrogen and oxygen atoms in total. The number of rotatable bonds is 6. The van der Waals surface area contributed by atoms with Crippen LogP contribution in [-0.2, 0) is 4.74 Å². The van der Waals surface area contributed by atoms with Crippen molar-refractivity contribution >= 4 is 12.4 Å². The van der Waals surface area contributed by atoms with E-state index < -0.39 is 24.0 Å². The third-order valence-electron chi connectivity index (χ3n) is 2.02. The monoisotopic (exact) mass is 251 g/mol. The third kappa shape index (κ3) is 4.26. The van der Waals surface area contributed by atoms with Crippen molar-refractivity contribution in [2.75, 3.05) is 19.8 Å². The number of ether oxygens (including phenoxy) is 2. The van der Waals surface area contributed by atoms with Gasteiger partial charge in [-0.2, -0.15) is 0 Å². The number of hydrogen-bond donors (Lipinski definition) is 0. The maximum atomic E-state index is 12.8. The van der Waals surface area contributed by atoms with Crippen LogP contribution in [0.25, 0.3) is 0 Å². The second-order valence-corrected chi connectivity index (χ2v) is 3.30. The topological polar surface area (TPSA) is 18.5 Å². The summed E-state index contributed by atoms with van der Waals surface area (Å²) in [5.74, 6) is -1.25. The van der Waals surface area contributed by atoms with Crippen LogP contribution in [0.15, 0.2) is 18.2 Å². The zero-order valence-electron chi connectivity index (χ0n) is 9.26. The Morgan fingerprint density at radius 3 is 2.47 bits per heavy atom. The second kappa shape index (κ2) is 5.91. The van der Waals surface area contributed by atoms with Crippen molar-refractivity contribution < 1.29 is 26.8 Å². The molecule has 0 saturated heterocycles. The van der Waals surface area contributed by atoms with Crippen molar-refractivity contribution in [3.63, 3.8) is 0 Å². The minimum Gasteiger partial charge on any atom is -0.494 e. The molecular weight excluding hydrogens is 239 g/mol. The van der Waals surface area contributed by atoms with E-state index in [2.05, 4.69) is 0 Å². The summed E-state index contributed by atoms with van der Waals surface area (Å²) < 4.78 is 60.4. The molecule has 1 aromatic rings. The SMILES string of the molecule is CCOCCOc1cc(F)ccc1[B-](F)(F)F. The Kier molecular flexibility index (Phi) is 4.80. The van der Waals surface area contributed by atoms with Crippen LogP contribution in [0.2, 0.25) is 0 Å². The lowest BCUT2D eigenvalue weighted by Crippen LogP contribution is -2.35. The summed E-state index contributed by atoms with van der Waals surface area (Å²) in [5.41, 5.74) is -0.928. The fourth-order valence-electron chi connectivity index (χ4n) is 1.26. The molecule has 0 unspecified atom stereocenters. The van der Waals surface area contributed by atoms with Gasteiger partial charge in [0.15, 0.2) is 0 Å². The highest BCUT2D eigenvalue weighted by atomic mass is 19.4. The molecule has 0 spiro atoms. The van der Waals surface area contributed by atoms with E-state index in [1.165, 1.54) is 0 Å². The molecule has 1 rings (SSSR count). The van der Waals surface area contributed by atoms with Gasteiger partial charge in [-0.1, -0.05) is 11.5 Å². The Morgan fingerprint density at radius 1 is 1.18 bits per heavy atom. The van der Waals surface area contributed by atoms with Gasteiger partial charge in [-0.05, 0) is 13.0 Å². The van der Waals surface area contributed by atoms with E-state index in [1.54, 1.807) is 6.92 Å². The van der Waals surface area contributed by atoms with E-state index in [9.17, 15) is 17.3 Å². The van der Waals surface area contributed by atoms with Crippen LogP contribution in [0, 0.1) is 5.82 Å². The normalized spacial score (nSPS) is 11.6. The molecule has 0 aromatic heterocycles. The van der Waals surface area contributed by atoms with Crippen molar-refractivity contribution in [3.8, 4) is 5.75 Å². The lowest BCUT2D eigenvalue weighted by atomic mass is 9.79. The summed E-state index contributed by atoms with van der Waals surface area (Å²) in [7, 11) is 0. The van der Waals surface area contributed by atoms with Gasteiger partial charge in [0.05, 0.1) is 12.4 Å². The van der Waals surface area contributed by atoms with Crippen molar-refractivity contribution in [2.24, 2.45) is 0 Å². The van der Waals surface area contributed by atoms with Crippen molar-refractivity contribution in [1.82, 2.24) is 0 Å². The summed E-state index contributed by atoms with van der Waals surface area (Å²) in [6.07, 6.45) is 0. The molecular formula is C10H12BF4O2-. The lowest BCUT2D eigenvalue weighted by molar-refractivity contribution is 0.110. The summed E-state index contributed by atoms with van der Waals surface area (Å²) in [4.78, 5) is 0. The first-order chi connectivity index (χ1) is 7.95. The van der Waals surface area contributed by atoms with Crippen LogP contribution in [0.4, 0.5) is 17.3 Å². The Bertz CT molecular complexity index is 368. The smallest absolute Gasteiger partial charge is 0.494 e. The zero-order valence-corrected chi connectivity index (χ0v) is 9.26. The molecule has 0 N–H and O–H groups in total. The molecule has 0 atom stereocenters. The molecule has 0 heterocycles. The summed E-state index contributed by atoms with van der Waals surface area (Å²) in [6, 6.07) is 2.18. The molecule has 0 bridgehead atoms. The predicted octanol–water partition coefficient (Wildman–Crippen LogP) is 2.30. The number of benzene rings is 1. The van der Waals surface area contributed by atoms with Crippen LogP contribution in [0.3, 0.4) is 0 Å². The highest BCUT2D eigenvalue weighted by molar-refractivity contribution is 6.74. The quantitative estimate of drug-likeness (QED) is 0.438. The first kappa shape index (κ1) is 13.8. The minimum absolute atomic E-state index is 0.0452. The van der Waals surface area contributed by atoms with Crippen LogP contribution >= 0.6 is 0 Å². The standard InChI is InChI=1S/C10H12BF4O2/c1-2-16-5-6-17-10-7-8(12)3-4-9(10)11(13,14)15/h3-4,7H,2,5-6H2,1H3/q-1. The van der Waals surface area contributed by atoms with E-state index in [1.807, 2.05) is 0 Å². The maximum absolute atomic E-state index is 12.8.